The third-order valence-corrected chi connectivity index (χ3v) is 4.04. The Morgan fingerprint density at radius 3 is 2.58 bits per heavy atom. The number of likely N-dealkylation sites (tertiary alicyclic amines) is 1. The summed E-state index contributed by atoms with van der Waals surface area (Å²) in [6.45, 7) is 6.53. The number of nitrogens with zero attached hydrogens (tertiary/aromatic N) is 2. The van der Waals surface area contributed by atoms with Gasteiger partial charge in [-0.2, -0.15) is 0 Å². The van der Waals surface area contributed by atoms with Crippen molar-refractivity contribution in [3.63, 3.8) is 0 Å². The van der Waals surface area contributed by atoms with Crippen LogP contribution in [-0.2, 0) is 10.3 Å². The molecule has 1 aliphatic rings. The van der Waals surface area contributed by atoms with Crippen LogP contribution in [0.25, 0.3) is 0 Å². The van der Waals surface area contributed by atoms with Gasteiger partial charge in [-0.15, -0.1) is 11.3 Å². The molecule has 0 radical (unpaired) electrons. The van der Waals surface area contributed by atoms with Crippen LogP contribution in [0.5, 0.6) is 0 Å². The minimum Gasteiger partial charge on any atom is -0.444 e. The summed E-state index contributed by atoms with van der Waals surface area (Å²) in [5.74, 6) is 0. The van der Waals surface area contributed by atoms with Crippen molar-refractivity contribution in [1.29, 1.82) is 0 Å². The van der Waals surface area contributed by atoms with E-state index in [0.717, 1.165) is 5.01 Å². The minimum absolute atomic E-state index is 0.311. The molecule has 5 nitrogen and oxygen atoms in total. The second-order valence-corrected chi connectivity index (χ2v) is 6.73. The van der Waals surface area contributed by atoms with Crippen molar-refractivity contribution in [1.82, 2.24) is 9.88 Å². The Kier molecular flexibility index (Phi) is 3.82. The van der Waals surface area contributed by atoms with Crippen molar-refractivity contribution in [2.75, 3.05) is 13.1 Å². The fraction of sp³-hybridized carbons (Fsp3) is 0.692. The summed E-state index contributed by atoms with van der Waals surface area (Å²) in [4.78, 5) is 17.7. The van der Waals surface area contributed by atoms with Gasteiger partial charge in [-0.1, -0.05) is 0 Å². The first kappa shape index (κ1) is 14.3. The molecule has 0 bridgehead atoms. The smallest absolute Gasteiger partial charge is 0.410 e. The molecule has 0 saturated carbocycles. The average molecular weight is 284 g/mol. The second kappa shape index (κ2) is 5.09. The number of carbonyl (C=O) groups is 1. The van der Waals surface area contributed by atoms with Crippen LogP contribution in [0, 0.1) is 0 Å². The number of piperidine rings is 1. The first-order valence-corrected chi connectivity index (χ1v) is 7.28. The monoisotopic (exact) mass is 284 g/mol. The Bertz CT molecular complexity index is 431. The largest absolute Gasteiger partial charge is 0.444 e. The van der Waals surface area contributed by atoms with E-state index in [9.17, 15) is 9.90 Å². The SMILES string of the molecule is CC(C)(C)OC(=O)N1CCC(O)(c2nccs2)CC1. The van der Waals surface area contributed by atoms with Crippen LogP contribution in [0.4, 0.5) is 4.79 Å². The van der Waals surface area contributed by atoms with Gasteiger partial charge in [-0.05, 0) is 20.8 Å². The van der Waals surface area contributed by atoms with E-state index >= 15 is 0 Å². The Labute approximate surface area is 117 Å². The molecule has 19 heavy (non-hydrogen) atoms. The minimum atomic E-state index is -0.896. The maximum Gasteiger partial charge on any atom is 0.410 e. The number of hydrogen-bond donors (Lipinski definition) is 1. The third-order valence-electron chi connectivity index (χ3n) is 3.07. The summed E-state index contributed by atoms with van der Waals surface area (Å²) in [5.41, 5.74) is -1.38. The number of aliphatic hydroxyl groups is 1. The van der Waals surface area contributed by atoms with Gasteiger partial charge in [0.1, 0.15) is 16.2 Å². The van der Waals surface area contributed by atoms with Crippen LogP contribution in [0.3, 0.4) is 0 Å². The lowest BCUT2D eigenvalue weighted by molar-refractivity contribution is -0.0357. The summed E-state index contributed by atoms with van der Waals surface area (Å²) in [6, 6.07) is 0. The first-order chi connectivity index (χ1) is 8.80. The zero-order valence-electron chi connectivity index (χ0n) is 11.5. The molecule has 0 aliphatic carbocycles. The van der Waals surface area contributed by atoms with E-state index in [1.807, 2.05) is 26.2 Å². The molecule has 1 fully saturated rings. The maximum atomic E-state index is 11.9. The molecule has 1 N–H and O–H groups in total. The third kappa shape index (κ3) is 3.45. The first-order valence-electron chi connectivity index (χ1n) is 6.40. The highest BCUT2D eigenvalue weighted by Gasteiger charge is 2.38. The Morgan fingerprint density at radius 1 is 1.47 bits per heavy atom. The summed E-state index contributed by atoms with van der Waals surface area (Å²) < 4.78 is 5.33. The molecular formula is C13H20N2O3S. The van der Waals surface area contributed by atoms with Crippen LogP contribution in [0.1, 0.15) is 38.6 Å². The van der Waals surface area contributed by atoms with Crippen LogP contribution in [0.2, 0.25) is 0 Å². The molecule has 1 aromatic rings. The van der Waals surface area contributed by atoms with Gasteiger partial charge in [0.15, 0.2) is 0 Å². The average Bonchev–Trinajstić information content (AvgIpc) is 2.81. The molecule has 1 aliphatic heterocycles. The topological polar surface area (TPSA) is 62.7 Å². The normalized spacial score (nSPS) is 19.3. The van der Waals surface area contributed by atoms with Crippen molar-refractivity contribution in [2.24, 2.45) is 0 Å². The lowest BCUT2D eigenvalue weighted by Gasteiger charge is -2.37. The van der Waals surface area contributed by atoms with Crippen molar-refractivity contribution in [2.45, 2.75) is 44.8 Å². The zero-order chi connectivity index (χ0) is 14.1. The van der Waals surface area contributed by atoms with E-state index in [2.05, 4.69) is 4.98 Å². The van der Waals surface area contributed by atoms with E-state index < -0.39 is 11.2 Å². The quantitative estimate of drug-likeness (QED) is 0.860. The molecule has 0 atom stereocenters. The van der Waals surface area contributed by atoms with E-state index in [-0.39, 0.29) is 6.09 Å². The van der Waals surface area contributed by atoms with Crippen molar-refractivity contribution >= 4 is 17.4 Å². The highest BCUT2D eigenvalue weighted by atomic mass is 32.1. The van der Waals surface area contributed by atoms with E-state index in [1.54, 1.807) is 11.1 Å². The number of amides is 1. The summed E-state index contributed by atoms with van der Waals surface area (Å²) in [6.07, 6.45) is 2.38. The van der Waals surface area contributed by atoms with Crippen LogP contribution in [-0.4, -0.2) is 39.8 Å². The van der Waals surface area contributed by atoms with Gasteiger partial charge >= 0.3 is 6.09 Å². The maximum absolute atomic E-state index is 11.9. The Morgan fingerprint density at radius 2 is 2.11 bits per heavy atom. The Hall–Kier alpha value is -1.14. The lowest BCUT2D eigenvalue weighted by atomic mass is 9.92. The van der Waals surface area contributed by atoms with Gasteiger partial charge in [0.05, 0.1) is 0 Å². The molecule has 1 aromatic heterocycles. The zero-order valence-corrected chi connectivity index (χ0v) is 12.4. The molecule has 6 heteroatoms. The highest BCUT2D eigenvalue weighted by molar-refractivity contribution is 7.09. The molecule has 0 aromatic carbocycles. The fourth-order valence-electron chi connectivity index (χ4n) is 2.05. The number of aromatic nitrogens is 1. The number of hydrogen-bond acceptors (Lipinski definition) is 5. The Balaban J connectivity index is 1.94. The van der Waals surface area contributed by atoms with Crippen molar-refractivity contribution < 1.29 is 14.6 Å². The molecule has 1 saturated heterocycles. The van der Waals surface area contributed by atoms with E-state index in [0.29, 0.717) is 25.9 Å². The van der Waals surface area contributed by atoms with Gasteiger partial charge in [0.2, 0.25) is 0 Å². The van der Waals surface area contributed by atoms with Gasteiger partial charge < -0.3 is 14.7 Å². The van der Waals surface area contributed by atoms with Gasteiger partial charge in [0, 0.05) is 37.5 Å². The molecule has 106 valence electrons. The van der Waals surface area contributed by atoms with Crippen molar-refractivity contribution in [3.8, 4) is 0 Å². The van der Waals surface area contributed by atoms with Crippen LogP contribution >= 0.6 is 11.3 Å². The molecule has 0 unspecified atom stereocenters. The van der Waals surface area contributed by atoms with E-state index in [1.165, 1.54) is 11.3 Å². The molecule has 2 rings (SSSR count). The molecule has 0 spiro atoms. The molecule has 2 heterocycles. The van der Waals surface area contributed by atoms with Crippen LogP contribution in [0.15, 0.2) is 11.6 Å². The predicted octanol–water partition coefficient (Wildman–Crippen LogP) is 2.36. The molecular weight excluding hydrogens is 264 g/mol. The van der Waals surface area contributed by atoms with Gasteiger partial charge in [-0.25, -0.2) is 9.78 Å². The van der Waals surface area contributed by atoms with Crippen LogP contribution < -0.4 is 0 Å². The summed E-state index contributed by atoms with van der Waals surface area (Å²) >= 11 is 1.45. The van der Waals surface area contributed by atoms with Gasteiger partial charge in [0.25, 0.3) is 0 Å². The van der Waals surface area contributed by atoms with Crippen molar-refractivity contribution in [3.05, 3.63) is 16.6 Å². The fourth-order valence-corrected chi connectivity index (χ4v) is 2.85. The number of rotatable bonds is 1. The number of ether oxygens (including phenoxy) is 1. The second-order valence-electron chi connectivity index (χ2n) is 5.84. The molecule has 1 amide bonds. The standard InChI is InChI=1S/C13H20N2O3S/c1-12(2,3)18-11(16)15-7-4-13(17,5-8-15)10-14-6-9-19-10/h6,9,17H,4-5,7-8H2,1-3H3. The number of thiazole rings is 1. The van der Waals surface area contributed by atoms with E-state index in [4.69, 9.17) is 4.74 Å². The number of carbonyl (C=O) groups excluding carboxylic acids is 1. The predicted molar refractivity (Wildman–Crippen MR) is 73.1 cm³/mol. The van der Waals surface area contributed by atoms with Gasteiger partial charge in [-0.3, -0.25) is 0 Å². The summed E-state index contributed by atoms with van der Waals surface area (Å²) in [7, 11) is 0. The highest BCUT2D eigenvalue weighted by Crippen LogP contribution is 2.34. The lowest BCUT2D eigenvalue weighted by Crippen LogP contribution is -2.46. The summed E-state index contributed by atoms with van der Waals surface area (Å²) in [5, 5.41) is 13.1.